The Morgan fingerprint density at radius 1 is 0.353 bits per heavy atom. The van der Waals surface area contributed by atoms with Gasteiger partial charge in [0.05, 0.1) is 46.3 Å². The molecule has 6 heteroatoms. The molecule has 0 heterocycles. The van der Waals surface area contributed by atoms with E-state index in [0.29, 0.717) is 0 Å². The maximum absolute atomic E-state index is 4.18. The molecule has 0 spiro atoms. The fourth-order valence-corrected chi connectivity index (χ4v) is 12.0. The number of benzene rings is 1. The van der Waals surface area contributed by atoms with Crippen LogP contribution in [-0.4, -0.2) is 72.5 Å². The van der Waals surface area contributed by atoms with Gasteiger partial charge in [-0.25, -0.2) is 0 Å². The summed E-state index contributed by atoms with van der Waals surface area (Å²) < 4.78 is 0. The molecule has 0 saturated carbocycles. The number of unbranched alkanes of at least 4 members (excludes halogenated alkanes) is 4. The molecule has 6 nitrogen and oxygen atoms in total. The Balaban J connectivity index is 1.83. The second-order valence-corrected chi connectivity index (χ2v) is 20.4. The minimum absolute atomic E-state index is 0.148. The molecule has 0 radical (unpaired) electrons. The van der Waals surface area contributed by atoms with Gasteiger partial charge in [0.15, 0.2) is 0 Å². The Hall–Kier alpha value is -3.42. The van der Waals surface area contributed by atoms with Crippen molar-refractivity contribution in [3.8, 4) is 0 Å². The highest BCUT2D eigenvalue weighted by atomic mass is 15.3. The van der Waals surface area contributed by atoms with Gasteiger partial charge in [0.25, 0.3) is 0 Å². The Bertz CT molecular complexity index is 1690. The molecule has 0 saturated heterocycles. The van der Waals surface area contributed by atoms with Crippen molar-refractivity contribution >= 4 is 11.4 Å². The molecule has 0 aliphatic heterocycles. The molecule has 68 heavy (non-hydrogen) atoms. The summed E-state index contributed by atoms with van der Waals surface area (Å²) in [6.07, 6.45) is 48.0. The minimum atomic E-state index is -0.324. The summed E-state index contributed by atoms with van der Waals surface area (Å²) in [5.41, 5.74) is 6.95. The number of allylic oxidation sites excluding steroid dienone is 8. The van der Waals surface area contributed by atoms with Crippen LogP contribution < -0.4 is 31.1 Å². The highest BCUT2D eigenvalue weighted by molar-refractivity contribution is 5.68. The van der Waals surface area contributed by atoms with Gasteiger partial charge in [-0.1, -0.05) is 204 Å². The fraction of sp³-hybridized carbons (Fsp3) is 0.645. The number of rotatable bonds is 30. The lowest BCUT2D eigenvalue weighted by Crippen LogP contribution is -2.72. The molecule has 4 aliphatic rings. The van der Waals surface area contributed by atoms with Gasteiger partial charge in [-0.2, -0.15) is 0 Å². The van der Waals surface area contributed by atoms with Crippen molar-refractivity contribution in [1.29, 1.82) is 0 Å². The van der Waals surface area contributed by atoms with Crippen molar-refractivity contribution in [2.24, 2.45) is 0 Å². The molecular formula is C62H100N6. The zero-order valence-electron chi connectivity index (χ0n) is 45.6. The number of hydrogen-bond donors (Lipinski definition) is 4. The first-order valence-electron chi connectivity index (χ1n) is 28.3. The Labute approximate surface area is 418 Å². The molecule has 5 rings (SSSR count). The average Bonchev–Trinajstić information content (AvgIpc) is 3.38. The lowest BCUT2D eigenvalue weighted by molar-refractivity contribution is 0.257. The van der Waals surface area contributed by atoms with Crippen LogP contribution in [-0.2, 0) is 0 Å². The van der Waals surface area contributed by atoms with E-state index in [1.807, 2.05) is 0 Å². The zero-order chi connectivity index (χ0) is 49.2. The average molecular weight is 930 g/mol. The van der Waals surface area contributed by atoms with E-state index in [2.05, 4.69) is 211 Å². The summed E-state index contributed by atoms with van der Waals surface area (Å²) in [5.74, 6) is 0. The molecule has 1 aromatic rings. The Morgan fingerprint density at radius 3 is 0.750 bits per heavy atom. The van der Waals surface area contributed by atoms with E-state index in [-0.39, 0.29) is 46.3 Å². The quantitative estimate of drug-likeness (QED) is 0.0577. The summed E-state index contributed by atoms with van der Waals surface area (Å²) in [5, 5.41) is 16.7. The highest BCUT2D eigenvalue weighted by Crippen LogP contribution is 2.49. The third-order valence-corrected chi connectivity index (χ3v) is 16.5. The van der Waals surface area contributed by atoms with E-state index in [1.54, 1.807) is 0 Å². The molecule has 378 valence electrons. The van der Waals surface area contributed by atoms with Crippen LogP contribution in [0, 0.1) is 0 Å². The molecule has 0 fully saturated rings. The van der Waals surface area contributed by atoms with Gasteiger partial charge in [0.1, 0.15) is 0 Å². The first-order valence-corrected chi connectivity index (χ1v) is 28.3. The number of nitrogens with one attached hydrogen (secondary N) is 4. The first-order chi connectivity index (χ1) is 33.1. The second-order valence-electron chi connectivity index (χ2n) is 20.4. The van der Waals surface area contributed by atoms with Gasteiger partial charge in [0.2, 0.25) is 0 Å². The number of nitrogens with zero attached hydrogens (tertiary/aromatic N) is 2. The zero-order valence-corrected chi connectivity index (χ0v) is 45.6. The van der Waals surface area contributed by atoms with Gasteiger partial charge >= 0.3 is 0 Å². The SMILES string of the molecule is CCCCNC1C=C(CC)C=CC1(CC)N(c1ccc(N(C2(CC)C=CC(CC)=CC2NCCCC)C2(CC)C=CC(CC)=CC2NCCCC)cc1)C1(CC)C=CC(CC)=CC1NCCCC. The summed E-state index contributed by atoms with van der Waals surface area (Å²) >= 11 is 0. The molecule has 4 N–H and O–H groups in total. The largest absolute Gasteiger partial charge is 0.349 e. The van der Waals surface area contributed by atoms with Crippen LogP contribution in [0.4, 0.5) is 11.4 Å². The van der Waals surface area contributed by atoms with Crippen LogP contribution in [0.2, 0.25) is 0 Å². The molecule has 4 aliphatic carbocycles. The Kier molecular flexibility index (Phi) is 21.8. The summed E-state index contributed by atoms with van der Waals surface area (Å²) in [6.45, 7) is 32.2. The normalized spacial score (nSPS) is 28.9. The van der Waals surface area contributed by atoms with Gasteiger partial charge < -0.3 is 31.1 Å². The summed E-state index contributed by atoms with van der Waals surface area (Å²) in [4.78, 5) is 5.81. The van der Waals surface area contributed by atoms with E-state index < -0.39 is 0 Å². The van der Waals surface area contributed by atoms with Crippen LogP contribution in [0.25, 0.3) is 0 Å². The highest BCUT2D eigenvalue weighted by Gasteiger charge is 2.55. The van der Waals surface area contributed by atoms with Gasteiger partial charge in [-0.05, 0) is 127 Å². The smallest absolute Gasteiger partial charge is 0.0783 e. The van der Waals surface area contributed by atoms with E-state index in [9.17, 15) is 0 Å². The monoisotopic (exact) mass is 929 g/mol. The third kappa shape index (κ3) is 11.7. The van der Waals surface area contributed by atoms with Crippen LogP contribution in [0.1, 0.15) is 186 Å². The lowest BCUT2D eigenvalue weighted by atomic mass is 9.71. The number of hydrogen-bond acceptors (Lipinski definition) is 6. The second kappa shape index (κ2) is 26.7. The predicted molar refractivity (Wildman–Crippen MR) is 300 cm³/mol. The van der Waals surface area contributed by atoms with Crippen LogP contribution in [0.15, 0.2) is 119 Å². The first kappa shape index (κ1) is 55.5. The van der Waals surface area contributed by atoms with Crippen molar-refractivity contribution in [3.63, 3.8) is 0 Å². The topological polar surface area (TPSA) is 54.6 Å². The summed E-state index contributed by atoms with van der Waals surface area (Å²) in [6, 6.07) is 10.7. The molecule has 8 unspecified atom stereocenters. The molecular weight excluding hydrogens is 829 g/mol. The molecule has 8 atom stereocenters. The van der Waals surface area contributed by atoms with E-state index in [1.165, 1.54) is 59.4 Å². The van der Waals surface area contributed by atoms with Crippen LogP contribution in [0.5, 0.6) is 0 Å². The predicted octanol–water partition coefficient (Wildman–Crippen LogP) is 14.6. The Morgan fingerprint density at radius 2 is 0.574 bits per heavy atom. The van der Waals surface area contributed by atoms with Crippen molar-refractivity contribution in [2.75, 3.05) is 36.0 Å². The van der Waals surface area contributed by atoms with Crippen molar-refractivity contribution < 1.29 is 0 Å². The number of anilines is 2. The minimum Gasteiger partial charge on any atom is -0.349 e. The maximum Gasteiger partial charge on any atom is 0.0783 e. The lowest BCUT2D eigenvalue weighted by Gasteiger charge is -2.60. The molecule has 1 aromatic carbocycles. The van der Waals surface area contributed by atoms with Crippen molar-refractivity contribution in [2.45, 2.75) is 232 Å². The van der Waals surface area contributed by atoms with Crippen molar-refractivity contribution in [1.82, 2.24) is 21.3 Å². The van der Waals surface area contributed by atoms with Crippen LogP contribution in [0.3, 0.4) is 0 Å². The molecule has 0 amide bonds. The molecule has 0 aromatic heterocycles. The standard InChI is InChI=1S/C62H100N6/c1-13-25-41-63-55-45-49(17-5)33-37-59(55,21-9)67(60(22-10)38-34-50(18-6)46-56(60)64-42-26-14-2)53-29-31-54(32-30-53)68(61(23-11)39-35-51(19-7)47-57(61)65-43-27-15-3)62(24-12)40-36-52(20-8)48-58(62)66-44-28-16-4/h29-40,45-48,55-58,63-66H,13-28,41-44H2,1-12H3. The van der Waals surface area contributed by atoms with Gasteiger partial charge in [-0.3, -0.25) is 0 Å². The van der Waals surface area contributed by atoms with Crippen LogP contribution >= 0.6 is 0 Å². The van der Waals surface area contributed by atoms with Gasteiger partial charge in [-0.15, -0.1) is 0 Å². The van der Waals surface area contributed by atoms with Crippen molar-refractivity contribution in [3.05, 3.63) is 119 Å². The van der Waals surface area contributed by atoms with E-state index in [4.69, 9.17) is 0 Å². The summed E-state index contributed by atoms with van der Waals surface area (Å²) in [7, 11) is 0. The van der Waals surface area contributed by atoms with Gasteiger partial charge in [0, 0.05) is 11.4 Å². The third-order valence-electron chi connectivity index (χ3n) is 16.5. The fourth-order valence-electron chi connectivity index (χ4n) is 12.0. The van der Waals surface area contributed by atoms with E-state index >= 15 is 0 Å². The van der Waals surface area contributed by atoms with E-state index in [0.717, 1.165) is 103 Å². The maximum atomic E-state index is 4.18. The molecule has 0 bridgehead atoms.